The molecule has 2 rings (SSSR count). The van der Waals surface area contributed by atoms with Gasteiger partial charge in [-0.3, -0.25) is 4.79 Å². The van der Waals surface area contributed by atoms with Crippen molar-refractivity contribution in [3.8, 4) is 0 Å². The lowest BCUT2D eigenvalue weighted by Crippen LogP contribution is -2.58. The molecule has 0 N–H and O–H groups in total. The number of carbonyl (C=O) groups excluding carboxylic acids is 1. The molecule has 0 unspecified atom stereocenters. The molecule has 0 aromatic heterocycles. The van der Waals surface area contributed by atoms with Crippen molar-refractivity contribution in [2.24, 2.45) is 22.7 Å². The fourth-order valence-corrected chi connectivity index (χ4v) is 5.93. The molecule has 4 nitrogen and oxygen atoms in total. The number of methoxy groups -OCH3 is 1. The second kappa shape index (κ2) is 7.33. The highest BCUT2D eigenvalue weighted by Crippen LogP contribution is 2.63. The van der Waals surface area contributed by atoms with Crippen molar-refractivity contribution in [2.45, 2.75) is 78.7 Å². The van der Waals surface area contributed by atoms with Gasteiger partial charge in [-0.05, 0) is 61.7 Å². The number of fused-ring (bicyclic) bond motifs is 1. The Morgan fingerprint density at radius 3 is 2.46 bits per heavy atom. The predicted octanol–water partition coefficient (Wildman–Crippen LogP) is 4.56. The van der Waals surface area contributed by atoms with Crippen molar-refractivity contribution >= 4 is 5.97 Å². The predicted molar refractivity (Wildman–Crippen MR) is 94.6 cm³/mol. The van der Waals surface area contributed by atoms with Crippen LogP contribution in [0.1, 0.15) is 73.1 Å². The van der Waals surface area contributed by atoms with Crippen LogP contribution in [0.3, 0.4) is 0 Å². The third kappa shape index (κ3) is 3.80. The van der Waals surface area contributed by atoms with E-state index in [1.54, 1.807) is 7.11 Å². The van der Waals surface area contributed by atoms with Crippen LogP contribution in [0.2, 0.25) is 0 Å². The molecule has 0 heterocycles. The molecule has 4 atom stereocenters. The van der Waals surface area contributed by atoms with E-state index in [2.05, 4.69) is 27.7 Å². The summed E-state index contributed by atoms with van der Waals surface area (Å²) in [6.45, 7) is 11.8. The van der Waals surface area contributed by atoms with Gasteiger partial charge in [0.05, 0.1) is 12.2 Å². The summed E-state index contributed by atoms with van der Waals surface area (Å²) >= 11 is 0. The third-order valence-electron chi connectivity index (χ3n) is 6.96. The van der Waals surface area contributed by atoms with E-state index in [-0.39, 0.29) is 17.0 Å². The summed E-state index contributed by atoms with van der Waals surface area (Å²) in [6, 6.07) is 0. The van der Waals surface area contributed by atoms with Crippen LogP contribution in [0.5, 0.6) is 0 Å². The van der Waals surface area contributed by atoms with Crippen LogP contribution in [-0.4, -0.2) is 32.1 Å². The number of rotatable bonds is 6. The van der Waals surface area contributed by atoms with Gasteiger partial charge in [-0.25, -0.2) is 0 Å². The van der Waals surface area contributed by atoms with Crippen LogP contribution < -0.4 is 0 Å². The molecule has 0 spiro atoms. The van der Waals surface area contributed by atoms with Crippen LogP contribution in [0.25, 0.3) is 0 Å². The maximum atomic E-state index is 11.2. The first-order chi connectivity index (χ1) is 11.2. The van der Waals surface area contributed by atoms with Gasteiger partial charge in [0.2, 0.25) is 0 Å². The molecule has 0 bridgehead atoms. The van der Waals surface area contributed by atoms with E-state index in [1.165, 1.54) is 32.6 Å². The summed E-state index contributed by atoms with van der Waals surface area (Å²) in [7, 11) is 1.67. The van der Waals surface area contributed by atoms with Crippen molar-refractivity contribution in [3.63, 3.8) is 0 Å². The van der Waals surface area contributed by atoms with Gasteiger partial charge < -0.3 is 14.2 Å². The van der Waals surface area contributed by atoms with E-state index >= 15 is 0 Å². The van der Waals surface area contributed by atoms with E-state index in [1.807, 2.05) is 0 Å². The molecule has 2 saturated carbocycles. The number of esters is 1. The molecular weight excluding hydrogens is 304 g/mol. The molecule has 24 heavy (non-hydrogen) atoms. The minimum absolute atomic E-state index is 0.198. The molecule has 0 saturated heterocycles. The number of hydrogen-bond donors (Lipinski definition) is 0. The van der Waals surface area contributed by atoms with Crippen LogP contribution in [0.15, 0.2) is 0 Å². The van der Waals surface area contributed by atoms with Gasteiger partial charge in [0, 0.05) is 14.0 Å². The fourth-order valence-electron chi connectivity index (χ4n) is 5.93. The second-order valence-corrected chi connectivity index (χ2v) is 8.98. The number of hydrogen-bond acceptors (Lipinski definition) is 4. The molecule has 0 aliphatic heterocycles. The Morgan fingerprint density at radius 1 is 1.12 bits per heavy atom. The maximum absolute atomic E-state index is 11.2. The zero-order valence-electron chi connectivity index (χ0n) is 16.4. The van der Waals surface area contributed by atoms with Crippen molar-refractivity contribution < 1.29 is 19.0 Å². The van der Waals surface area contributed by atoms with Crippen molar-refractivity contribution in [2.75, 3.05) is 20.5 Å². The van der Waals surface area contributed by atoms with E-state index in [9.17, 15) is 4.79 Å². The van der Waals surface area contributed by atoms with Crippen molar-refractivity contribution in [1.29, 1.82) is 0 Å². The molecular formula is C20H36O4. The minimum Gasteiger partial charge on any atom is -0.466 e. The zero-order valence-corrected chi connectivity index (χ0v) is 16.4. The SMILES string of the molecule is COCO[C@]1(C)CC[C@H]2C(C)(C)CCC[C@]2(C)[C@H]1CCOC(C)=O. The summed E-state index contributed by atoms with van der Waals surface area (Å²) in [5.41, 5.74) is 0.382. The first-order valence-electron chi connectivity index (χ1n) is 9.42. The van der Waals surface area contributed by atoms with E-state index in [0.717, 1.165) is 12.8 Å². The van der Waals surface area contributed by atoms with Gasteiger partial charge in [0.15, 0.2) is 0 Å². The average molecular weight is 341 g/mol. The minimum atomic E-state index is -0.213. The molecule has 2 fully saturated rings. The summed E-state index contributed by atoms with van der Waals surface area (Å²) < 4.78 is 16.7. The van der Waals surface area contributed by atoms with Gasteiger partial charge in [-0.2, -0.15) is 0 Å². The Labute approximate surface area is 147 Å². The van der Waals surface area contributed by atoms with Gasteiger partial charge in [0.25, 0.3) is 0 Å². The van der Waals surface area contributed by atoms with Crippen LogP contribution in [0.4, 0.5) is 0 Å². The Balaban J connectivity index is 2.27. The zero-order chi connectivity index (χ0) is 18.0. The molecule has 0 radical (unpaired) electrons. The summed E-state index contributed by atoms with van der Waals surface area (Å²) in [5.74, 6) is 0.870. The topological polar surface area (TPSA) is 44.8 Å². The lowest BCUT2D eigenvalue weighted by atomic mass is 9.45. The monoisotopic (exact) mass is 340 g/mol. The van der Waals surface area contributed by atoms with Gasteiger partial charge >= 0.3 is 5.97 Å². The second-order valence-electron chi connectivity index (χ2n) is 8.98. The lowest BCUT2D eigenvalue weighted by molar-refractivity contribution is -0.223. The van der Waals surface area contributed by atoms with E-state index in [4.69, 9.17) is 14.2 Å². The lowest BCUT2D eigenvalue weighted by Gasteiger charge is -2.62. The quantitative estimate of drug-likeness (QED) is 0.525. The smallest absolute Gasteiger partial charge is 0.302 e. The Kier molecular flexibility index (Phi) is 6.02. The highest BCUT2D eigenvalue weighted by atomic mass is 16.7. The Hall–Kier alpha value is -0.610. The highest BCUT2D eigenvalue weighted by Gasteiger charge is 2.58. The Bertz CT molecular complexity index is 447. The van der Waals surface area contributed by atoms with Crippen molar-refractivity contribution in [1.82, 2.24) is 0 Å². The summed E-state index contributed by atoms with van der Waals surface area (Å²) in [4.78, 5) is 11.2. The van der Waals surface area contributed by atoms with Gasteiger partial charge in [-0.1, -0.05) is 27.2 Å². The van der Waals surface area contributed by atoms with Gasteiger partial charge in [0.1, 0.15) is 6.79 Å². The number of carbonyl (C=O) groups is 1. The average Bonchev–Trinajstić information content (AvgIpc) is 2.47. The molecule has 0 aromatic carbocycles. The molecule has 140 valence electrons. The summed E-state index contributed by atoms with van der Waals surface area (Å²) in [6.07, 6.45) is 6.92. The van der Waals surface area contributed by atoms with Crippen LogP contribution >= 0.6 is 0 Å². The van der Waals surface area contributed by atoms with Crippen molar-refractivity contribution in [3.05, 3.63) is 0 Å². The third-order valence-corrected chi connectivity index (χ3v) is 6.96. The van der Waals surface area contributed by atoms with Crippen LogP contribution in [0, 0.1) is 22.7 Å². The molecule has 2 aliphatic rings. The molecule has 0 aromatic rings. The standard InChI is InChI=1S/C20H36O4/c1-15(21)23-13-9-17-19(4)11-7-10-18(2,3)16(19)8-12-20(17,5)24-14-22-6/h16-17H,7-14H2,1-6H3/t16-,17+,19-,20+/m0/s1. The highest BCUT2D eigenvalue weighted by molar-refractivity contribution is 5.65. The summed E-state index contributed by atoms with van der Waals surface area (Å²) in [5, 5.41) is 0. The van der Waals surface area contributed by atoms with Crippen LogP contribution in [-0.2, 0) is 19.0 Å². The molecule has 0 amide bonds. The first kappa shape index (κ1) is 19.7. The molecule has 4 heteroatoms. The fraction of sp³-hybridized carbons (Fsp3) is 0.950. The first-order valence-corrected chi connectivity index (χ1v) is 9.42. The van der Waals surface area contributed by atoms with E-state index < -0.39 is 0 Å². The maximum Gasteiger partial charge on any atom is 0.302 e. The van der Waals surface area contributed by atoms with E-state index in [0.29, 0.717) is 30.7 Å². The normalized spacial score (nSPS) is 38.4. The molecule has 2 aliphatic carbocycles. The Morgan fingerprint density at radius 2 is 1.83 bits per heavy atom. The largest absolute Gasteiger partial charge is 0.466 e. The number of ether oxygens (including phenoxy) is 3. The van der Waals surface area contributed by atoms with Gasteiger partial charge in [-0.15, -0.1) is 0 Å².